The Bertz CT molecular complexity index is 1320. The summed E-state index contributed by atoms with van der Waals surface area (Å²) >= 11 is 0. The number of aryl methyl sites for hydroxylation is 1. The van der Waals surface area contributed by atoms with E-state index in [9.17, 15) is 4.79 Å². The fourth-order valence-corrected chi connectivity index (χ4v) is 5.27. The first-order valence-corrected chi connectivity index (χ1v) is 12.3. The lowest BCUT2D eigenvalue weighted by Gasteiger charge is -2.37. The number of rotatable bonds is 4. The van der Waals surface area contributed by atoms with Gasteiger partial charge in [-0.3, -0.25) is 9.36 Å². The maximum atomic E-state index is 13.5. The third-order valence-electron chi connectivity index (χ3n) is 7.03. The zero-order valence-corrected chi connectivity index (χ0v) is 19.6. The largest absolute Gasteiger partial charge is 0.354 e. The summed E-state index contributed by atoms with van der Waals surface area (Å²) in [5, 5.41) is 9.05. The van der Waals surface area contributed by atoms with Crippen molar-refractivity contribution in [2.75, 3.05) is 29.4 Å². The normalized spacial score (nSPS) is 17.8. The zero-order chi connectivity index (χ0) is 23.6. The number of hydrogen-bond acceptors (Lipinski definition) is 5. The Hall–Kier alpha value is -4.00. The van der Waals surface area contributed by atoms with Gasteiger partial charge in [-0.2, -0.15) is 0 Å². The van der Waals surface area contributed by atoms with Gasteiger partial charge >= 0.3 is 0 Å². The molecule has 0 radical (unpaired) electrons. The average molecular weight is 465 g/mol. The van der Waals surface area contributed by atoms with Crippen LogP contribution >= 0.6 is 0 Å². The Morgan fingerprint density at radius 1 is 0.857 bits per heavy atom. The highest BCUT2D eigenvalue weighted by atomic mass is 16.2. The number of fused-ring (bicyclic) bond motifs is 1. The molecule has 7 nitrogen and oxygen atoms in total. The first kappa shape index (κ1) is 21.5. The maximum absolute atomic E-state index is 13.5. The summed E-state index contributed by atoms with van der Waals surface area (Å²) in [7, 11) is 0. The molecule has 0 saturated carbocycles. The predicted octanol–water partition coefficient (Wildman–Crippen LogP) is 4.53. The molecule has 4 aromatic rings. The van der Waals surface area contributed by atoms with Gasteiger partial charge in [-0.15, -0.1) is 10.2 Å². The third-order valence-corrected chi connectivity index (χ3v) is 7.03. The lowest BCUT2D eigenvalue weighted by Crippen LogP contribution is -2.46. The van der Waals surface area contributed by atoms with Gasteiger partial charge in [-0.05, 0) is 49.4 Å². The molecule has 176 valence electrons. The predicted molar refractivity (Wildman–Crippen MR) is 137 cm³/mol. The van der Waals surface area contributed by atoms with E-state index in [0.29, 0.717) is 6.54 Å². The molecular weight excluding hydrogens is 436 g/mol. The minimum atomic E-state index is -0.0327. The zero-order valence-electron chi connectivity index (χ0n) is 19.6. The fourth-order valence-electron chi connectivity index (χ4n) is 5.27. The van der Waals surface area contributed by atoms with Crippen LogP contribution in [0.1, 0.15) is 24.8 Å². The van der Waals surface area contributed by atoms with Crippen LogP contribution in [-0.4, -0.2) is 45.3 Å². The standard InChI is InChI=1S/C28H28N6O/c35-28(33-18-7-11-21-8-4-5-13-24(21)33)23-12-6-17-32(20-23)25-14-15-26(31-30-25)34-19-16-29-27(34)22-9-2-1-3-10-22/h1-5,8-10,13-16,19,23H,6-7,11-12,17-18,20H2. The van der Waals surface area contributed by atoms with Crippen LogP contribution < -0.4 is 9.80 Å². The van der Waals surface area contributed by atoms with Crippen molar-refractivity contribution >= 4 is 17.4 Å². The number of benzene rings is 2. The molecule has 35 heavy (non-hydrogen) atoms. The van der Waals surface area contributed by atoms with Gasteiger partial charge in [0.15, 0.2) is 11.6 Å². The molecule has 0 bridgehead atoms. The van der Waals surface area contributed by atoms with Crippen LogP contribution in [0, 0.1) is 5.92 Å². The molecule has 2 aromatic heterocycles. The number of anilines is 2. The highest BCUT2D eigenvalue weighted by Crippen LogP contribution is 2.31. The van der Waals surface area contributed by atoms with E-state index in [-0.39, 0.29) is 11.8 Å². The van der Waals surface area contributed by atoms with Gasteiger partial charge in [0.1, 0.15) is 5.82 Å². The van der Waals surface area contributed by atoms with Crippen molar-refractivity contribution < 1.29 is 4.79 Å². The van der Waals surface area contributed by atoms with Crippen molar-refractivity contribution in [3.8, 4) is 17.2 Å². The van der Waals surface area contributed by atoms with Crippen LogP contribution in [0.4, 0.5) is 11.5 Å². The molecule has 0 spiro atoms. The van der Waals surface area contributed by atoms with Crippen LogP contribution in [0.15, 0.2) is 79.1 Å². The third kappa shape index (κ3) is 4.18. The molecule has 4 heterocycles. The summed E-state index contributed by atoms with van der Waals surface area (Å²) in [6.07, 6.45) is 7.62. The SMILES string of the molecule is O=C(C1CCCN(c2ccc(-n3ccnc3-c3ccccc3)nn2)C1)N1CCCc2ccccc21. The van der Waals surface area contributed by atoms with Gasteiger partial charge in [-0.1, -0.05) is 48.5 Å². The molecule has 1 fully saturated rings. The van der Waals surface area contributed by atoms with E-state index in [0.717, 1.165) is 67.5 Å². The molecule has 2 aliphatic heterocycles. The van der Waals surface area contributed by atoms with E-state index in [1.165, 1.54) is 5.56 Å². The highest BCUT2D eigenvalue weighted by Gasteiger charge is 2.32. The maximum Gasteiger partial charge on any atom is 0.231 e. The van der Waals surface area contributed by atoms with Crippen molar-refractivity contribution in [2.24, 2.45) is 5.92 Å². The van der Waals surface area contributed by atoms with Gasteiger partial charge in [0.05, 0.1) is 5.92 Å². The van der Waals surface area contributed by atoms with Gasteiger partial charge in [0, 0.05) is 43.3 Å². The van der Waals surface area contributed by atoms with E-state index >= 15 is 0 Å². The number of nitrogens with zero attached hydrogens (tertiary/aromatic N) is 6. The number of hydrogen-bond donors (Lipinski definition) is 0. The first-order chi connectivity index (χ1) is 17.3. The molecule has 2 aromatic carbocycles. The summed E-state index contributed by atoms with van der Waals surface area (Å²) in [6, 6.07) is 22.3. The second-order valence-electron chi connectivity index (χ2n) is 9.24. The van der Waals surface area contributed by atoms with Crippen LogP contribution in [0.3, 0.4) is 0 Å². The molecule has 1 amide bonds. The molecule has 1 unspecified atom stereocenters. The van der Waals surface area contributed by atoms with Crippen LogP contribution in [-0.2, 0) is 11.2 Å². The van der Waals surface area contributed by atoms with E-state index in [1.807, 2.05) is 64.2 Å². The molecular formula is C28H28N6O. The van der Waals surface area contributed by atoms with Crippen molar-refractivity contribution in [3.05, 3.63) is 84.7 Å². The molecule has 2 aliphatic rings. The van der Waals surface area contributed by atoms with Crippen molar-refractivity contribution in [3.63, 3.8) is 0 Å². The summed E-state index contributed by atoms with van der Waals surface area (Å²) in [5.41, 5.74) is 3.38. The smallest absolute Gasteiger partial charge is 0.231 e. The Balaban J connectivity index is 1.19. The number of aromatic nitrogens is 4. The summed E-state index contributed by atoms with van der Waals surface area (Å²) in [6.45, 7) is 2.36. The topological polar surface area (TPSA) is 67.2 Å². The van der Waals surface area contributed by atoms with Gasteiger partial charge in [0.2, 0.25) is 5.91 Å². The minimum Gasteiger partial charge on any atom is -0.354 e. The lowest BCUT2D eigenvalue weighted by atomic mass is 9.94. The van der Waals surface area contributed by atoms with E-state index in [1.54, 1.807) is 6.20 Å². The Kier molecular flexibility index (Phi) is 5.74. The lowest BCUT2D eigenvalue weighted by molar-refractivity contribution is -0.122. The first-order valence-electron chi connectivity index (χ1n) is 12.3. The van der Waals surface area contributed by atoms with Crippen molar-refractivity contribution in [1.29, 1.82) is 0 Å². The number of carbonyl (C=O) groups is 1. The second kappa shape index (κ2) is 9.33. The van der Waals surface area contributed by atoms with Crippen LogP contribution in [0.5, 0.6) is 0 Å². The molecule has 6 rings (SSSR count). The second-order valence-corrected chi connectivity index (χ2v) is 9.24. The molecule has 0 aliphatic carbocycles. The molecule has 1 atom stereocenters. The van der Waals surface area contributed by atoms with E-state index < -0.39 is 0 Å². The number of para-hydroxylation sites is 1. The molecule has 7 heteroatoms. The van der Waals surface area contributed by atoms with Gasteiger partial charge in [0.25, 0.3) is 0 Å². The van der Waals surface area contributed by atoms with Crippen LogP contribution in [0.2, 0.25) is 0 Å². The number of carbonyl (C=O) groups excluding carboxylic acids is 1. The molecule has 1 saturated heterocycles. The minimum absolute atomic E-state index is 0.0327. The van der Waals surface area contributed by atoms with E-state index in [2.05, 4.69) is 38.3 Å². The van der Waals surface area contributed by atoms with Crippen molar-refractivity contribution in [1.82, 2.24) is 19.7 Å². The fraction of sp³-hybridized carbons (Fsp3) is 0.286. The number of piperidine rings is 1. The summed E-state index contributed by atoms with van der Waals surface area (Å²) < 4.78 is 1.95. The monoisotopic (exact) mass is 464 g/mol. The van der Waals surface area contributed by atoms with E-state index in [4.69, 9.17) is 0 Å². The van der Waals surface area contributed by atoms with Crippen LogP contribution in [0.25, 0.3) is 17.2 Å². The number of imidazole rings is 1. The summed E-state index contributed by atoms with van der Waals surface area (Å²) in [4.78, 5) is 22.2. The Morgan fingerprint density at radius 2 is 1.66 bits per heavy atom. The molecule has 0 N–H and O–H groups in total. The average Bonchev–Trinajstić information content (AvgIpc) is 3.43. The number of amides is 1. The van der Waals surface area contributed by atoms with Gasteiger partial charge < -0.3 is 9.80 Å². The highest BCUT2D eigenvalue weighted by molar-refractivity contribution is 5.96. The Labute approximate surface area is 205 Å². The van der Waals surface area contributed by atoms with Gasteiger partial charge in [-0.25, -0.2) is 4.98 Å². The summed E-state index contributed by atoms with van der Waals surface area (Å²) in [5.74, 6) is 2.57. The van der Waals surface area contributed by atoms with Crippen molar-refractivity contribution in [2.45, 2.75) is 25.7 Å². The Morgan fingerprint density at radius 3 is 2.51 bits per heavy atom. The quantitative estimate of drug-likeness (QED) is 0.444.